The van der Waals surface area contributed by atoms with Crippen LogP contribution in [-0.2, 0) is 0 Å². The van der Waals surface area contributed by atoms with Crippen molar-refractivity contribution in [2.24, 2.45) is 0 Å². The van der Waals surface area contributed by atoms with E-state index in [1.54, 1.807) is 12.1 Å². The summed E-state index contributed by atoms with van der Waals surface area (Å²) in [6.07, 6.45) is 0. The van der Waals surface area contributed by atoms with E-state index >= 15 is 0 Å². The normalized spacial score (nSPS) is 14.3. The van der Waals surface area contributed by atoms with Gasteiger partial charge in [-0.1, -0.05) is 24.3 Å². The number of carboxylic acid groups (broad SMARTS) is 1. The number of hydrogen-bond donors (Lipinski definition) is 3. The highest BCUT2D eigenvalue weighted by molar-refractivity contribution is 6.07. The monoisotopic (exact) mass is 417 g/mol. The summed E-state index contributed by atoms with van der Waals surface area (Å²) in [5.74, 6) is 0.316. The molecule has 1 aliphatic rings. The number of ether oxygens (including phenoxy) is 1. The van der Waals surface area contributed by atoms with Gasteiger partial charge in [-0.15, -0.1) is 0 Å². The first kappa shape index (κ1) is 19.3. The van der Waals surface area contributed by atoms with Crippen LogP contribution < -0.4 is 15.0 Å². The lowest BCUT2D eigenvalue weighted by Gasteiger charge is -2.27. The summed E-state index contributed by atoms with van der Waals surface area (Å²) < 4.78 is 5.85. The Hall–Kier alpha value is -3.65. The Balaban J connectivity index is 1.61. The lowest BCUT2D eigenvalue weighted by molar-refractivity contribution is 0.0697. The molecule has 3 heterocycles. The molecule has 8 nitrogen and oxygen atoms in total. The maximum Gasteiger partial charge on any atom is 0.335 e. The number of piperazine rings is 1. The van der Waals surface area contributed by atoms with Gasteiger partial charge in [-0.3, -0.25) is 0 Å². The van der Waals surface area contributed by atoms with Crippen molar-refractivity contribution in [3.63, 3.8) is 0 Å². The summed E-state index contributed by atoms with van der Waals surface area (Å²) >= 11 is 0. The van der Waals surface area contributed by atoms with Crippen LogP contribution in [-0.4, -0.2) is 58.8 Å². The van der Waals surface area contributed by atoms with Crippen molar-refractivity contribution < 1.29 is 14.6 Å². The minimum atomic E-state index is -0.931. The average Bonchev–Trinajstić information content (AvgIpc) is 3.18. The van der Waals surface area contributed by atoms with E-state index in [2.05, 4.69) is 15.2 Å². The number of hydrogen-bond acceptors (Lipinski definition) is 6. The summed E-state index contributed by atoms with van der Waals surface area (Å²) in [5.41, 5.74) is 4.77. The molecule has 4 aromatic rings. The van der Waals surface area contributed by atoms with Crippen LogP contribution in [0.15, 0.2) is 42.5 Å². The molecule has 1 fully saturated rings. The second kappa shape index (κ2) is 7.88. The number of carboxylic acids is 1. The van der Waals surface area contributed by atoms with Crippen molar-refractivity contribution >= 4 is 33.9 Å². The Kier molecular flexibility index (Phi) is 4.91. The van der Waals surface area contributed by atoms with Crippen LogP contribution in [0.4, 0.5) is 5.95 Å². The third-order valence-corrected chi connectivity index (χ3v) is 5.54. The Morgan fingerprint density at radius 3 is 2.55 bits per heavy atom. The summed E-state index contributed by atoms with van der Waals surface area (Å²) in [4.78, 5) is 26.3. The van der Waals surface area contributed by atoms with E-state index in [1.807, 2.05) is 37.3 Å². The van der Waals surface area contributed by atoms with Crippen molar-refractivity contribution in [2.45, 2.75) is 6.92 Å². The molecule has 5 rings (SSSR count). The Morgan fingerprint density at radius 2 is 1.84 bits per heavy atom. The molecule has 2 aromatic carbocycles. The minimum Gasteiger partial charge on any atom is -0.478 e. The summed E-state index contributed by atoms with van der Waals surface area (Å²) in [6.45, 7) is 5.99. The van der Waals surface area contributed by atoms with Gasteiger partial charge in [0.05, 0.1) is 12.2 Å². The first-order valence-electron chi connectivity index (χ1n) is 10.4. The van der Waals surface area contributed by atoms with E-state index in [0.29, 0.717) is 18.4 Å². The zero-order chi connectivity index (χ0) is 21.4. The van der Waals surface area contributed by atoms with Gasteiger partial charge in [0.25, 0.3) is 0 Å². The first-order valence-corrected chi connectivity index (χ1v) is 10.4. The topological polar surface area (TPSA) is 103 Å². The Morgan fingerprint density at radius 1 is 1.10 bits per heavy atom. The summed E-state index contributed by atoms with van der Waals surface area (Å²) in [5, 5.41) is 13.5. The smallest absolute Gasteiger partial charge is 0.335 e. The standard InChI is InChI=1S/C23H23N5O3/c1-2-31-21-20-19(26-23(27-21)28-11-9-24-10-12-28)17-8-7-16(13-18(17)25-20)14-3-5-15(6-4-14)22(29)30/h3-8,13,24-25H,2,9-12H2,1H3,(H,29,30). The SMILES string of the molecule is CCOc1nc(N2CCNCC2)nc2c1[nH]c1cc(-c3ccc(C(=O)O)cc3)ccc12. The number of aromatic amines is 1. The molecule has 0 saturated carbocycles. The molecular weight excluding hydrogens is 394 g/mol. The number of fused-ring (bicyclic) bond motifs is 3. The van der Waals surface area contributed by atoms with Crippen molar-refractivity contribution in [3.05, 3.63) is 48.0 Å². The predicted octanol–water partition coefficient (Wildman–Crippen LogP) is 3.28. The highest BCUT2D eigenvalue weighted by atomic mass is 16.5. The molecule has 31 heavy (non-hydrogen) atoms. The Labute approximate surface area is 178 Å². The number of H-pyrrole nitrogens is 1. The molecule has 0 radical (unpaired) electrons. The maximum absolute atomic E-state index is 11.1. The molecule has 1 aliphatic heterocycles. The van der Waals surface area contributed by atoms with Crippen molar-refractivity contribution in [1.82, 2.24) is 20.3 Å². The van der Waals surface area contributed by atoms with Crippen LogP contribution in [0, 0.1) is 0 Å². The lowest BCUT2D eigenvalue weighted by atomic mass is 10.0. The van der Waals surface area contributed by atoms with Gasteiger partial charge < -0.3 is 25.0 Å². The number of anilines is 1. The molecule has 0 amide bonds. The minimum absolute atomic E-state index is 0.271. The van der Waals surface area contributed by atoms with Gasteiger partial charge >= 0.3 is 5.97 Å². The highest BCUT2D eigenvalue weighted by Crippen LogP contribution is 2.33. The molecule has 0 bridgehead atoms. The number of nitrogens with one attached hydrogen (secondary N) is 2. The van der Waals surface area contributed by atoms with E-state index in [0.717, 1.165) is 59.2 Å². The fraction of sp³-hybridized carbons (Fsp3) is 0.261. The fourth-order valence-electron chi connectivity index (χ4n) is 3.96. The molecular formula is C23H23N5O3. The van der Waals surface area contributed by atoms with E-state index in [1.165, 1.54) is 0 Å². The van der Waals surface area contributed by atoms with Crippen molar-refractivity contribution in [3.8, 4) is 17.0 Å². The number of rotatable bonds is 5. The molecule has 0 aliphatic carbocycles. The molecule has 3 N–H and O–H groups in total. The largest absolute Gasteiger partial charge is 0.478 e. The van der Waals surface area contributed by atoms with Crippen molar-refractivity contribution in [1.29, 1.82) is 0 Å². The predicted molar refractivity (Wildman–Crippen MR) is 120 cm³/mol. The molecule has 1 saturated heterocycles. The van der Waals surface area contributed by atoms with E-state index < -0.39 is 5.97 Å². The average molecular weight is 417 g/mol. The van der Waals surface area contributed by atoms with Gasteiger partial charge in [-0.25, -0.2) is 9.78 Å². The van der Waals surface area contributed by atoms with Gasteiger partial charge in [-0.05, 0) is 36.2 Å². The highest BCUT2D eigenvalue weighted by Gasteiger charge is 2.19. The number of aromatic nitrogens is 3. The number of benzene rings is 2. The Bertz CT molecular complexity index is 1260. The van der Waals surface area contributed by atoms with Gasteiger partial charge in [0.1, 0.15) is 11.0 Å². The van der Waals surface area contributed by atoms with Gasteiger partial charge in [0, 0.05) is 37.1 Å². The number of nitrogens with zero attached hydrogens (tertiary/aromatic N) is 3. The van der Waals surface area contributed by atoms with Crippen LogP contribution >= 0.6 is 0 Å². The second-order valence-corrected chi connectivity index (χ2v) is 7.49. The zero-order valence-corrected chi connectivity index (χ0v) is 17.2. The molecule has 2 aromatic heterocycles. The van der Waals surface area contributed by atoms with Crippen LogP contribution in [0.1, 0.15) is 17.3 Å². The van der Waals surface area contributed by atoms with Crippen LogP contribution in [0.5, 0.6) is 5.88 Å². The second-order valence-electron chi connectivity index (χ2n) is 7.49. The molecule has 0 unspecified atom stereocenters. The van der Waals surface area contributed by atoms with Crippen LogP contribution in [0.3, 0.4) is 0 Å². The van der Waals surface area contributed by atoms with Crippen LogP contribution in [0.2, 0.25) is 0 Å². The van der Waals surface area contributed by atoms with Crippen molar-refractivity contribution in [2.75, 3.05) is 37.7 Å². The molecule has 8 heteroatoms. The molecule has 158 valence electrons. The van der Waals surface area contributed by atoms with E-state index in [9.17, 15) is 4.79 Å². The van der Waals surface area contributed by atoms with Gasteiger partial charge in [-0.2, -0.15) is 4.98 Å². The number of aromatic carboxylic acids is 1. The van der Waals surface area contributed by atoms with Gasteiger partial charge in [0.2, 0.25) is 11.8 Å². The third kappa shape index (κ3) is 3.55. The summed E-state index contributed by atoms with van der Waals surface area (Å²) in [7, 11) is 0. The van der Waals surface area contributed by atoms with Gasteiger partial charge in [0.15, 0.2) is 0 Å². The lowest BCUT2D eigenvalue weighted by Crippen LogP contribution is -2.44. The summed E-state index contributed by atoms with van der Waals surface area (Å²) in [6, 6.07) is 13.0. The maximum atomic E-state index is 11.1. The van der Waals surface area contributed by atoms with E-state index in [-0.39, 0.29) is 5.56 Å². The number of carbonyl (C=O) groups is 1. The first-order chi connectivity index (χ1) is 15.1. The zero-order valence-electron chi connectivity index (χ0n) is 17.2. The van der Waals surface area contributed by atoms with E-state index in [4.69, 9.17) is 19.8 Å². The third-order valence-electron chi connectivity index (χ3n) is 5.54. The van der Waals surface area contributed by atoms with Crippen LogP contribution in [0.25, 0.3) is 33.1 Å². The fourth-order valence-corrected chi connectivity index (χ4v) is 3.96. The molecule has 0 atom stereocenters. The quantitative estimate of drug-likeness (QED) is 0.458. The molecule has 0 spiro atoms.